The molecule has 1 rings (SSSR count). The summed E-state index contributed by atoms with van der Waals surface area (Å²) >= 11 is 0. The Morgan fingerprint density at radius 2 is 2.00 bits per heavy atom. The van der Waals surface area contributed by atoms with E-state index in [2.05, 4.69) is 4.98 Å². The third-order valence-corrected chi connectivity index (χ3v) is 1.52. The number of rotatable bonds is 2. The number of hydrogen-bond acceptors (Lipinski definition) is 2. The highest BCUT2D eigenvalue weighted by molar-refractivity contribution is 5.25. The van der Waals surface area contributed by atoms with Crippen molar-refractivity contribution < 1.29 is 17.6 Å². The third-order valence-electron chi connectivity index (χ3n) is 1.52. The Morgan fingerprint density at radius 3 is 2.46 bits per heavy atom. The summed E-state index contributed by atoms with van der Waals surface area (Å²) in [4.78, 5) is 2.74. The van der Waals surface area contributed by atoms with Crippen molar-refractivity contribution in [1.82, 2.24) is 4.98 Å². The maximum Gasteiger partial charge on any atom is 0.264 e. The van der Waals surface area contributed by atoms with Crippen molar-refractivity contribution in [3.63, 3.8) is 0 Å². The van der Waals surface area contributed by atoms with Gasteiger partial charge in [-0.1, -0.05) is 0 Å². The Balaban J connectivity index is 3.29. The molecule has 1 aromatic rings. The Labute approximate surface area is 71.4 Å². The molecule has 6 heteroatoms. The first-order valence-corrected chi connectivity index (χ1v) is 3.39. The summed E-state index contributed by atoms with van der Waals surface area (Å²) in [5.74, 6) is -2.55. The zero-order valence-electron chi connectivity index (χ0n) is 6.40. The van der Waals surface area contributed by atoms with E-state index in [0.29, 0.717) is 6.07 Å². The monoisotopic (exact) mass is 194 g/mol. The van der Waals surface area contributed by atoms with Crippen LogP contribution in [0.15, 0.2) is 6.07 Å². The van der Waals surface area contributed by atoms with Gasteiger partial charge in [-0.15, -0.1) is 0 Å². The lowest BCUT2D eigenvalue weighted by atomic mass is 10.1. The molecule has 0 amide bonds. The molecule has 2 N–H and O–H groups in total. The minimum Gasteiger partial charge on any atom is -0.326 e. The van der Waals surface area contributed by atoms with Crippen LogP contribution in [0.4, 0.5) is 17.6 Å². The van der Waals surface area contributed by atoms with Crippen LogP contribution in [-0.4, -0.2) is 4.98 Å². The van der Waals surface area contributed by atoms with Crippen molar-refractivity contribution in [2.24, 2.45) is 5.73 Å². The van der Waals surface area contributed by atoms with Gasteiger partial charge in [-0.2, -0.15) is 13.8 Å². The zero-order chi connectivity index (χ0) is 10.0. The first-order valence-electron chi connectivity index (χ1n) is 3.39. The molecule has 0 unspecified atom stereocenters. The van der Waals surface area contributed by atoms with Crippen molar-refractivity contribution in [2.45, 2.75) is 13.0 Å². The van der Waals surface area contributed by atoms with Gasteiger partial charge in [0.05, 0.1) is 0 Å². The summed E-state index contributed by atoms with van der Waals surface area (Å²) in [5, 5.41) is 0. The normalized spacial score (nSPS) is 10.9. The maximum absolute atomic E-state index is 12.7. The number of alkyl halides is 2. The number of hydrogen-bond donors (Lipinski definition) is 1. The molecule has 0 aromatic carbocycles. The molecule has 1 aromatic heterocycles. The topological polar surface area (TPSA) is 38.9 Å². The van der Waals surface area contributed by atoms with Crippen LogP contribution in [0, 0.1) is 11.9 Å². The molecule has 0 saturated heterocycles. The summed E-state index contributed by atoms with van der Waals surface area (Å²) in [6, 6.07) is 0.482. The molecule has 0 spiro atoms. The van der Waals surface area contributed by atoms with Gasteiger partial charge in [0.15, 0.2) is 0 Å². The second-order valence-electron chi connectivity index (χ2n) is 2.31. The van der Waals surface area contributed by atoms with E-state index in [-0.39, 0.29) is 0 Å². The van der Waals surface area contributed by atoms with Crippen molar-refractivity contribution in [1.29, 1.82) is 0 Å². The second-order valence-corrected chi connectivity index (χ2v) is 2.31. The summed E-state index contributed by atoms with van der Waals surface area (Å²) in [5.41, 5.74) is 3.81. The first-order chi connectivity index (χ1) is 6.06. The van der Waals surface area contributed by atoms with Gasteiger partial charge in [-0.25, -0.2) is 8.78 Å². The fraction of sp³-hybridized carbons (Fsp3) is 0.286. The van der Waals surface area contributed by atoms with E-state index in [1.165, 1.54) is 0 Å². The lowest BCUT2D eigenvalue weighted by molar-refractivity contribution is 0.148. The number of halogens is 4. The second kappa shape index (κ2) is 3.69. The molecule has 0 aliphatic carbocycles. The van der Waals surface area contributed by atoms with Crippen LogP contribution in [0.3, 0.4) is 0 Å². The maximum atomic E-state index is 12.7. The molecule has 0 aliphatic heterocycles. The third kappa shape index (κ3) is 1.95. The van der Waals surface area contributed by atoms with E-state index >= 15 is 0 Å². The Morgan fingerprint density at radius 1 is 1.38 bits per heavy atom. The molecule has 0 bridgehead atoms. The van der Waals surface area contributed by atoms with E-state index in [0.717, 1.165) is 0 Å². The van der Waals surface area contributed by atoms with Gasteiger partial charge in [0, 0.05) is 23.7 Å². The van der Waals surface area contributed by atoms with E-state index in [1.54, 1.807) is 0 Å². The van der Waals surface area contributed by atoms with Crippen LogP contribution in [-0.2, 0) is 6.54 Å². The molecular formula is C7H6F4N2. The molecule has 0 fully saturated rings. The van der Waals surface area contributed by atoms with Gasteiger partial charge in [0.1, 0.15) is 0 Å². The summed E-state index contributed by atoms with van der Waals surface area (Å²) in [6.07, 6.45) is -2.95. The number of aromatic nitrogens is 1. The van der Waals surface area contributed by atoms with E-state index in [9.17, 15) is 17.6 Å². The SMILES string of the molecule is NCc1c(C(F)F)cc(F)nc1F. The van der Waals surface area contributed by atoms with Crippen LogP contribution in [0.25, 0.3) is 0 Å². The predicted octanol–water partition coefficient (Wildman–Crippen LogP) is 1.76. The number of pyridine rings is 1. The highest BCUT2D eigenvalue weighted by atomic mass is 19.3. The summed E-state index contributed by atoms with van der Waals surface area (Å²) in [6.45, 7) is -0.432. The average molecular weight is 194 g/mol. The average Bonchev–Trinajstić information content (AvgIpc) is 2.02. The van der Waals surface area contributed by atoms with Crippen LogP contribution in [0.1, 0.15) is 17.6 Å². The van der Waals surface area contributed by atoms with Crippen molar-refractivity contribution >= 4 is 0 Å². The van der Waals surface area contributed by atoms with Crippen molar-refractivity contribution in [3.05, 3.63) is 29.1 Å². The van der Waals surface area contributed by atoms with Gasteiger partial charge in [-0.05, 0) is 0 Å². The van der Waals surface area contributed by atoms with Crippen molar-refractivity contribution in [3.8, 4) is 0 Å². The molecule has 72 valence electrons. The largest absolute Gasteiger partial charge is 0.326 e. The van der Waals surface area contributed by atoms with Crippen LogP contribution >= 0.6 is 0 Å². The molecule has 0 aliphatic rings. The molecule has 0 radical (unpaired) electrons. The van der Waals surface area contributed by atoms with Crippen molar-refractivity contribution in [2.75, 3.05) is 0 Å². The number of nitrogens with two attached hydrogens (primary N) is 1. The first kappa shape index (κ1) is 9.91. The van der Waals surface area contributed by atoms with Gasteiger partial charge in [0.25, 0.3) is 6.43 Å². The fourth-order valence-corrected chi connectivity index (χ4v) is 0.925. The lowest BCUT2D eigenvalue weighted by Crippen LogP contribution is -2.08. The summed E-state index contributed by atoms with van der Waals surface area (Å²) in [7, 11) is 0. The zero-order valence-corrected chi connectivity index (χ0v) is 6.40. The number of nitrogens with zero attached hydrogens (tertiary/aromatic N) is 1. The van der Waals surface area contributed by atoms with Gasteiger partial charge in [-0.3, -0.25) is 0 Å². The molecule has 13 heavy (non-hydrogen) atoms. The van der Waals surface area contributed by atoms with E-state index in [1.807, 2.05) is 0 Å². The minimum atomic E-state index is -2.95. The van der Waals surface area contributed by atoms with E-state index in [4.69, 9.17) is 5.73 Å². The van der Waals surface area contributed by atoms with Gasteiger partial charge >= 0.3 is 0 Å². The Bertz CT molecular complexity index is 314. The fourth-order valence-electron chi connectivity index (χ4n) is 0.925. The quantitative estimate of drug-likeness (QED) is 0.575. The highest BCUT2D eigenvalue weighted by Crippen LogP contribution is 2.24. The summed E-state index contributed by atoms with van der Waals surface area (Å²) < 4.78 is 49.4. The Hall–Kier alpha value is -1.17. The highest BCUT2D eigenvalue weighted by Gasteiger charge is 2.18. The lowest BCUT2D eigenvalue weighted by Gasteiger charge is -2.06. The predicted molar refractivity (Wildman–Crippen MR) is 37.0 cm³/mol. The molecular weight excluding hydrogens is 188 g/mol. The van der Waals surface area contributed by atoms with Crippen LogP contribution < -0.4 is 5.73 Å². The van der Waals surface area contributed by atoms with Gasteiger partial charge in [0.2, 0.25) is 11.9 Å². The smallest absolute Gasteiger partial charge is 0.264 e. The standard InChI is InChI=1S/C7H6F4N2/c8-5-1-3(6(9)10)4(2-12)7(11)13-5/h1,6H,2,12H2. The Kier molecular flexibility index (Phi) is 2.82. The van der Waals surface area contributed by atoms with Crippen LogP contribution in [0.2, 0.25) is 0 Å². The molecule has 0 atom stereocenters. The van der Waals surface area contributed by atoms with Gasteiger partial charge < -0.3 is 5.73 Å². The van der Waals surface area contributed by atoms with Crippen LogP contribution in [0.5, 0.6) is 0 Å². The van der Waals surface area contributed by atoms with E-state index < -0.39 is 36.0 Å². The molecule has 0 saturated carbocycles. The molecule has 1 heterocycles. The molecule has 2 nitrogen and oxygen atoms in total. The minimum absolute atomic E-state index is 0.432.